The molecule has 0 aliphatic rings. The molecule has 3 heteroatoms. The van der Waals surface area contributed by atoms with Crippen LogP contribution in [0.5, 0.6) is 0 Å². The second kappa shape index (κ2) is 5.91. The van der Waals surface area contributed by atoms with E-state index in [4.69, 9.17) is 4.98 Å². The molecule has 0 unspecified atom stereocenters. The van der Waals surface area contributed by atoms with Crippen LogP contribution in [-0.4, -0.2) is 11.5 Å². The standard InChI is InChI=1S/C16H21BrN2/c1-5-11-8-12(17)9-14-15(11)19-10(4)13(6-2)16(14)18-7-3/h8-9H,5-7H2,1-4H3,(H,18,19). The molecule has 19 heavy (non-hydrogen) atoms. The summed E-state index contributed by atoms with van der Waals surface area (Å²) in [6.45, 7) is 9.55. The van der Waals surface area contributed by atoms with Gasteiger partial charge in [-0.05, 0) is 49.9 Å². The number of fused-ring (bicyclic) bond motifs is 1. The fourth-order valence-corrected chi connectivity index (χ4v) is 3.14. The molecule has 0 spiro atoms. The van der Waals surface area contributed by atoms with Crippen molar-refractivity contribution < 1.29 is 0 Å². The topological polar surface area (TPSA) is 24.9 Å². The zero-order chi connectivity index (χ0) is 14.0. The zero-order valence-electron chi connectivity index (χ0n) is 12.1. The maximum atomic E-state index is 4.84. The summed E-state index contributed by atoms with van der Waals surface area (Å²) in [6.07, 6.45) is 2.00. The van der Waals surface area contributed by atoms with Crippen molar-refractivity contribution in [1.82, 2.24) is 4.98 Å². The predicted octanol–water partition coefficient (Wildman–Crippen LogP) is 4.86. The number of anilines is 1. The summed E-state index contributed by atoms with van der Waals surface area (Å²) < 4.78 is 1.13. The number of pyridine rings is 1. The van der Waals surface area contributed by atoms with E-state index in [1.165, 1.54) is 22.2 Å². The third-order valence-electron chi connectivity index (χ3n) is 3.53. The number of nitrogens with one attached hydrogen (secondary N) is 1. The monoisotopic (exact) mass is 320 g/mol. The van der Waals surface area contributed by atoms with Crippen LogP contribution in [0.1, 0.15) is 37.6 Å². The van der Waals surface area contributed by atoms with Gasteiger partial charge in [0.15, 0.2) is 0 Å². The smallest absolute Gasteiger partial charge is 0.0758 e. The molecule has 2 rings (SSSR count). The summed E-state index contributed by atoms with van der Waals surface area (Å²) in [6, 6.07) is 4.36. The van der Waals surface area contributed by atoms with Gasteiger partial charge < -0.3 is 5.32 Å². The van der Waals surface area contributed by atoms with E-state index in [-0.39, 0.29) is 0 Å². The molecule has 0 atom stereocenters. The quantitative estimate of drug-likeness (QED) is 0.869. The first-order valence-corrected chi connectivity index (χ1v) is 7.77. The minimum Gasteiger partial charge on any atom is -0.384 e. The zero-order valence-corrected chi connectivity index (χ0v) is 13.7. The number of aryl methyl sites for hydroxylation is 2. The Bertz CT molecular complexity index is 605. The molecule has 2 aromatic rings. The molecular formula is C16H21BrN2. The highest BCUT2D eigenvalue weighted by atomic mass is 79.9. The van der Waals surface area contributed by atoms with Gasteiger partial charge in [0.25, 0.3) is 0 Å². The lowest BCUT2D eigenvalue weighted by molar-refractivity contribution is 1.05. The first-order valence-electron chi connectivity index (χ1n) is 6.97. The fourth-order valence-electron chi connectivity index (χ4n) is 2.64. The Morgan fingerprint density at radius 3 is 2.47 bits per heavy atom. The number of rotatable bonds is 4. The molecule has 0 bridgehead atoms. The van der Waals surface area contributed by atoms with Crippen LogP contribution in [0.3, 0.4) is 0 Å². The highest BCUT2D eigenvalue weighted by Crippen LogP contribution is 2.33. The van der Waals surface area contributed by atoms with E-state index in [1.54, 1.807) is 0 Å². The van der Waals surface area contributed by atoms with Crippen molar-refractivity contribution >= 4 is 32.5 Å². The summed E-state index contributed by atoms with van der Waals surface area (Å²) in [5, 5.41) is 4.76. The molecule has 0 radical (unpaired) electrons. The van der Waals surface area contributed by atoms with Crippen molar-refractivity contribution in [2.45, 2.75) is 40.5 Å². The van der Waals surface area contributed by atoms with Crippen molar-refractivity contribution in [2.24, 2.45) is 0 Å². The van der Waals surface area contributed by atoms with E-state index in [1.807, 2.05) is 0 Å². The Labute approximate surface area is 123 Å². The normalized spacial score (nSPS) is 11.0. The highest BCUT2D eigenvalue weighted by Gasteiger charge is 2.13. The van der Waals surface area contributed by atoms with Gasteiger partial charge in [-0.25, -0.2) is 0 Å². The van der Waals surface area contributed by atoms with Gasteiger partial charge in [-0.3, -0.25) is 4.98 Å². The van der Waals surface area contributed by atoms with Crippen molar-refractivity contribution in [1.29, 1.82) is 0 Å². The third kappa shape index (κ3) is 2.62. The van der Waals surface area contributed by atoms with Gasteiger partial charge in [0, 0.05) is 27.8 Å². The van der Waals surface area contributed by atoms with Gasteiger partial charge >= 0.3 is 0 Å². The molecule has 2 nitrogen and oxygen atoms in total. The lowest BCUT2D eigenvalue weighted by Crippen LogP contribution is -2.06. The molecular weight excluding hydrogens is 300 g/mol. The summed E-state index contributed by atoms with van der Waals surface area (Å²) in [4.78, 5) is 4.84. The summed E-state index contributed by atoms with van der Waals surface area (Å²) in [5.41, 5.74) is 6.16. The van der Waals surface area contributed by atoms with Crippen molar-refractivity contribution in [3.63, 3.8) is 0 Å². The molecule has 0 fully saturated rings. The number of halogens is 1. The van der Waals surface area contributed by atoms with Gasteiger partial charge in [0.2, 0.25) is 0 Å². The lowest BCUT2D eigenvalue weighted by Gasteiger charge is -2.17. The van der Waals surface area contributed by atoms with Crippen LogP contribution in [-0.2, 0) is 12.8 Å². The van der Waals surface area contributed by atoms with Crippen LogP contribution < -0.4 is 5.32 Å². The lowest BCUT2D eigenvalue weighted by atomic mass is 10.0. The molecule has 1 heterocycles. The van der Waals surface area contributed by atoms with Crippen molar-refractivity contribution in [3.05, 3.63) is 33.4 Å². The first-order chi connectivity index (χ1) is 9.12. The molecule has 1 N–H and O–H groups in total. The van der Waals surface area contributed by atoms with E-state index >= 15 is 0 Å². The Hall–Kier alpha value is -1.09. The number of benzene rings is 1. The number of nitrogens with zero attached hydrogens (tertiary/aromatic N) is 1. The maximum absolute atomic E-state index is 4.84. The largest absolute Gasteiger partial charge is 0.384 e. The number of aromatic nitrogens is 1. The second-order valence-electron chi connectivity index (χ2n) is 4.75. The van der Waals surface area contributed by atoms with Crippen LogP contribution in [0, 0.1) is 6.92 Å². The van der Waals surface area contributed by atoms with E-state index in [0.717, 1.165) is 35.1 Å². The summed E-state index contributed by atoms with van der Waals surface area (Å²) in [7, 11) is 0. The van der Waals surface area contributed by atoms with E-state index < -0.39 is 0 Å². The molecule has 0 aliphatic heterocycles. The first kappa shape index (κ1) is 14.3. The van der Waals surface area contributed by atoms with Crippen molar-refractivity contribution in [3.8, 4) is 0 Å². The Kier molecular flexibility index (Phi) is 4.46. The van der Waals surface area contributed by atoms with Gasteiger partial charge in [-0.15, -0.1) is 0 Å². The van der Waals surface area contributed by atoms with E-state index in [9.17, 15) is 0 Å². The molecule has 0 saturated heterocycles. The number of hydrogen-bond donors (Lipinski definition) is 1. The SMILES string of the molecule is CCNc1c(CC)c(C)nc2c(CC)cc(Br)cc12. The second-order valence-corrected chi connectivity index (χ2v) is 5.66. The maximum Gasteiger partial charge on any atom is 0.0758 e. The van der Waals surface area contributed by atoms with Crippen LogP contribution in [0.4, 0.5) is 5.69 Å². The molecule has 0 saturated carbocycles. The predicted molar refractivity (Wildman–Crippen MR) is 87.1 cm³/mol. The average molecular weight is 321 g/mol. The van der Waals surface area contributed by atoms with Gasteiger partial charge in [-0.2, -0.15) is 0 Å². The van der Waals surface area contributed by atoms with E-state index in [0.29, 0.717) is 0 Å². The van der Waals surface area contributed by atoms with Crippen LogP contribution >= 0.6 is 15.9 Å². The molecule has 1 aromatic carbocycles. The van der Waals surface area contributed by atoms with Crippen LogP contribution in [0.25, 0.3) is 10.9 Å². The Morgan fingerprint density at radius 2 is 1.89 bits per heavy atom. The minimum absolute atomic E-state index is 0.930. The third-order valence-corrected chi connectivity index (χ3v) is 3.99. The van der Waals surface area contributed by atoms with E-state index in [2.05, 4.69) is 61.1 Å². The Balaban J connectivity index is 2.87. The van der Waals surface area contributed by atoms with Gasteiger partial charge in [-0.1, -0.05) is 29.8 Å². The molecule has 1 aromatic heterocycles. The van der Waals surface area contributed by atoms with Crippen LogP contribution in [0.2, 0.25) is 0 Å². The summed E-state index contributed by atoms with van der Waals surface area (Å²) in [5.74, 6) is 0. The molecule has 0 aliphatic carbocycles. The number of hydrogen-bond acceptors (Lipinski definition) is 2. The Morgan fingerprint density at radius 1 is 1.16 bits per heavy atom. The van der Waals surface area contributed by atoms with Crippen molar-refractivity contribution in [2.75, 3.05) is 11.9 Å². The molecule has 0 amide bonds. The van der Waals surface area contributed by atoms with Gasteiger partial charge in [0.1, 0.15) is 0 Å². The average Bonchev–Trinajstić information content (AvgIpc) is 2.39. The highest BCUT2D eigenvalue weighted by molar-refractivity contribution is 9.10. The fraction of sp³-hybridized carbons (Fsp3) is 0.438. The van der Waals surface area contributed by atoms with Gasteiger partial charge in [0.05, 0.1) is 5.52 Å². The minimum atomic E-state index is 0.930. The van der Waals surface area contributed by atoms with Crippen LogP contribution in [0.15, 0.2) is 16.6 Å². The molecule has 102 valence electrons. The summed E-state index contributed by atoms with van der Waals surface area (Å²) >= 11 is 3.62.